The second-order valence-electron chi connectivity index (χ2n) is 10.4. The van der Waals surface area contributed by atoms with Gasteiger partial charge in [0.1, 0.15) is 5.60 Å². The zero-order chi connectivity index (χ0) is 25.6. The van der Waals surface area contributed by atoms with E-state index >= 15 is 0 Å². The summed E-state index contributed by atoms with van der Waals surface area (Å²) in [6, 6.07) is 0. The summed E-state index contributed by atoms with van der Waals surface area (Å²) in [5.41, 5.74) is -1.44. The van der Waals surface area contributed by atoms with Gasteiger partial charge in [-0.25, -0.2) is 9.59 Å². The Morgan fingerprint density at radius 3 is 2.50 bits per heavy atom. The fourth-order valence-corrected chi connectivity index (χ4v) is 5.07. The number of hydrogen-bond donors (Lipinski definition) is 2. The van der Waals surface area contributed by atoms with Crippen LogP contribution in [0.1, 0.15) is 60.8 Å². The van der Waals surface area contributed by atoms with E-state index < -0.39 is 65.5 Å². The van der Waals surface area contributed by atoms with Gasteiger partial charge in [-0.2, -0.15) is 0 Å². The molecule has 9 heteroatoms. The molecule has 3 heterocycles. The van der Waals surface area contributed by atoms with Gasteiger partial charge >= 0.3 is 17.9 Å². The number of esters is 3. The fourth-order valence-electron chi connectivity index (χ4n) is 5.07. The summed E-state index contributed by atoms with van der Waals surface area (Å²) in [7, 11) is 0. The van der Waals surface area contributed by atoms with E-state index in [1.165, 1.54) is 6.92 Å². The van der Waals surface area contributed by atoms with Crippen LogP contribution in [0, 0.1) is 17.8 Å². The average Bonchev–Trinajstić information content (AvgIpc) is 3.17. The van der Waals surface area contributed by atoms with Gasteiger partial charge in [0.25, 0.3) is 0 Å². The molecule has 0 unspecified atom stereocenters. The molecule has 0 saturated carbocycles. The molecule has 0 radical (unpaired) electrons. The van der Waals surface area contributed by atoms with Crippen molar-refractivity contribution in [3.8, 4) is 0 Å². The summed E-state index contributed by atoms with van der Waals surface area (Å²) in [5, 5.41) is 23.2. The summed E-state index contributed by atoms with van der Waals surface area (Å²) in [5.74, 6) is -5.64. The third-order valence-electron chi connectivity index (χ3n) is 7.05. The topological polar surface area (TPSA) is 129 Å². The molecule has 0 aliphatic carbocycles. The van der Waals surface area contributed by atoms with Gasteiger partial charge in [0.05, 0.1) is 12.0 Å². The first-order chi connectivity index (χ1) is 15.7. The van der Waals surface area contributed by atoms with Crippen LogP contribution in [0.3, 0.4) is 0 Å². The van der Waals surface area contributed by atoms with Crippen molar-refractivity contribution in [3.05, 3.63) is 23.8 Å². The highest BCUT2D eigenvalue weighted by Crippen LogP contribution is 2.50. The smallest absolute Gasteiger partial charge is 0.334 e. The van der Waals surface area contributed by atoms with Crippen LogP contribution in [-0.2, 0) is 33.3 Å². The maximum atomic E-state index is 12.8. The van der Waals surface area contributed by atoms with Crippen LogP contribution in [0.4, 0.5) is 0 Å². The molecule has 190 valence electrons. The third-order valence-corrected chi connectivity index (χ3v) is 7.05. The van der Waals surface area contributed by atoms with E-state index in [2.05, 4.69) is 6.58 Å². The number of rotatable bonds is 5. The molecule has 3 saturated heterocycles. The Morgan fingerprint density at radius 1 is 1.26 bits per heavy atom. The predicted molar refractivity (Wildman–Crippen MR) is 120 cm³/mol. The van der Waals surface area contributed by atoms with Crippen LogP contribution < -0.4 is 0 Å². The molecule has 34 heavy (non-hydrogen) atoms. The Balaban J connectivity index is 2.13. The van der Waals surface area contributed by atoms with Gasteiger partial charge in [0.2, 0.25) is 5.79 Å². The standard InChI is InChI=1S/C25H36O9/c1-8-13(4)22(27)33-20-18-15(6)23(28)32-19(18)21(31-17(26)9-12(2)3)24(7,29)11-16-10-14(5)25(20,30)34-16/h8,12,14,16,18-21,29-30H,6,9-11H2,1-5,7H3/t14-,16+,18+,19+,20-,21-,24+,25-/m0/s1. The maximum absolute atomic E-state index is 12.8. The van der Waals surface area contributed by atoms with E-state index in [1.54, 1.807) is 26.8 Å². The lowest BCUT2D eigenvalue weighted by Crippen LogP contribution is -2.58. The van der Waals surface area contributed by atoms with Gasteiger partial charge in [0.15, 0.2) is 18.3 Å². The van der Waals surface area contributed by atoms with Crippen LogP contribution in [0.2, 0.25) is 0 Å². The van der Waals surface area contributed by atoms with Crippen LogP contribution in [0.5, 0.6) is 0 Å². The van der Waals surface area contributed by atoms with E-state index in [-0.39, 0.29) is 24.3 Å². The molecule has 0 spiro atoms. The molecule has 0 aromatic carbocycles. The summed E-state index contributed by atoms with van der Waals surface area (Å²) < 4.78 is 23.0. The second-order valence-corrected chi connectivity index (χ2v) is 10.4. The van der Waals surface area contributed by atoms with Crippen molar-refractivity contribution in [3.63, 3.8) is 0 Å². The number of aliphatic hydroxyl groups is 2. The molecule has 2 N–H and O–H groups in total. The highest BCUT2D eigenvalue weighted by molar-refractivity contribution is 5.92. The molecule has 3 aliphatic heterocycles. The van der Waals surface area contributed by atoms with Crippen molar-refractivity contribution in [2.45, 2.75) is 96.6 Å². The highest BCUT2D eigenvalue weighted by Gasteiger charge is 2.65. The first-order valence-electron chi connectivity index (χ1n) is 11.8. The molecular formula is C25H36O9. The fraction of sp³-hybridized carbons (Fsp3) is 0.720. The van der Waals surface area contributed by atoms with E-state index in [1.807, 2.05) is 13.8 Å². The van der Waals surface area contributed by atoms with E-state index in [0.717, 1.165) is 0 Å². The van der Waals surface area contributed by atoms with E-state index in [9.17, 15) is 24.6 Å². The van der Waals surface area contributed by atoms with Gasteiger partial charge in [-0.05, 0) is 33.1 Å². The summed E-state index contributed by atoms with van der Waals surface area (Å²) >= 11 is 0. The zero-order valence-corrected chi connectivity index (χ0v) is 20.7. The second kappa shape index (κ2) is 9.43. The number of carbonyl (C=O) groups excluding carboxylic acids is 3. The van der Waals surface area contributed by atoms with Crippen molar-refractivity contribution in [2.75, 3.05) is 0 Å². The first kappa shape index (κ1) is 26.4. The van der Waals surface area contributed by atoms with Gasteiger partial charge in [-0.1, -0.05) is 33.4 Å². The molecule has 9 nitrogen and oxygen atoms in total. The predicted octanol–water partition coefficient (Wildman–Crippen LogP) is 2.19. The number of carbonyl (C=O) groups is 3. The van der Waals surface area contributed by atoms with Gasteiger partial charge in [-0.15, -0.1) is 0 Å². The SMILES string of the molecule is C=C1C(=O)O[C@@H]2[C@@H]1[C@H](OC(=O)C(C)=CC)[C@@]1(O)O[C@H](C[C@@H]1C)C[C@@](C)(O)[C@H]2OC(=O)CC(C)C. The van der Waals surface area contributed by atoms with Crippen molar-refractivity contribution in [2.24, 2.45) is 17.8 Å². The Kier molecular flexibility index (Phi) is 7.32. The highest BCUT2D eigenvalue weighted by atomic mass is 16.7. The molecule has 8 atom stereocenters. The van der Waals surface area contributed by atoms with Crippen molar-refractivity contribution in [1.82, 2.24) is 0 Å². The van der Waals surface area contributed by atoms with Gasteiger partial charge in [-0.3, -0.25) is 4.79 Å². The molecule has 3 aliphatic rings. The maximum Gasteiger partial charge on any atom is 0.334 e. The molecule has 2 bridgehead atoms. The van der Waals surface area contributed by atoms with Crippen molar-refractivity contribution in [1.29, 1.82) is 0 Å². The Labute approximate surface area is 200 Å². The number of allylic oxidation sites excluding steroid dienone is 1. The third kappa shape index (κ3) is 4.78. The quantitative estimate of drug-likeness (QED) is 0.346. The number of fused-ring (bicyclic) bond motifs is 3. The van der Waals surface area contributed by atoms with Crippen LogP contribution in [0.15, 0.2) is 23.8 Å². The molecule has 0 aromatic rings. The van der Waals surface area contributed by atoms with Crippen molar-refractivity contribution >= 4 is 17.9 Å². The zero-order valence-electron chi connectivity index (χ0n) is 20.7. The molecule has 3 fully saturated rings. The van der Waals surface area contributed by atoms with Gasteiger partial charge < -0.3 is 29.2 Å². The lowest BCUT2D eigenvalue weighted by Gasteiger charge is -2.41. The van der Waals surface area contributed by atoms with Crippen LogP contribution in [0.25, 0.3) is 0 Å². The average molecular weight is 481 g/mol. The number of ether oxygens (including phenoxy) is 4. The van der Waals surface area contributed by atoms with Crippen LogP contribution >= 0.6 is 0 Å². The van der Waals surface area contributed by atoms with Gasteiger partial charge in [0, 0.05) is 29.9 Å². The first-order valence-corrected chi connectivity index (χ1v) is 11.8. The normalized spacial score (nSPS) is 40.2. The Bertz CT molecular complexity index is 889. The molecular weight excluding hydrogens is 444 g/mol. The minimum absolute atomic E-state index is 0.00107. The van der Waals surface area contributed by atoms with E-state index in [0.29, 0.717) is 12.0 Å². The van der Waals surface area contributed by atoms with Crippen LogP contribution in [-0.4, -0.2) is 63.9 Å². The number of hydrogen-bond acceptors (Lipinski definition) is 9. The van der Waals surface area contributed by atoms with E-state index in [4.69, 9.17) is 18.9 Å². The minimum Gasteiger partial charge on any atom is -0.455 e. The lowest BCUT2D eigenvalue weighted by molar-refractivity contribution is -0.277. The summed E-state index contributed by atoms with van der Waals surface area (Å²) in [4.78, 5) is 38.1. The largest absolute Gasteiger partial charge is 0.455 e. The minimum atomic E-state index is -1.97. The summed E-state index contributed by atoms with van der Waals surface area (Å²) in [6.07, 6.45) is -2.53. The van der Waals surface area contributed by atoms with Crippen molar-refractivity contribution < 1.29 is 43.5 Å². The molecule has 0 amide bonds. The Hall–Kier alpha value is -2.23. The summed E-state index contributed by atoms with van der Waals surface area (Å²) in [6.45, 7) is 14.0. The molecule has 3 rings (SSSR count). The monoisotopic (exact) mass is 480 g/mol. The lowest BCUT2D eigenvalue weighted by atomic mass is 9.75. The Morgan fingerprint density at radius 2 is 1.91 bits per heavy atom. The molecule has 0 aromatic heterocycles.